The maximum absolute atomic E-state index is 12.1. The van der Waals surface area contributed by atoms with Crippen LogP contribution in [0.2, 0.25) is 0 Å². The molecular weight excluding hydrogens is 230 g/mol. The molecule has 0 aromatic carbocycles. The van der Waals surface area contributed by atoms with Crippen molar-refractivity contribution < 1.29 is 4.79 Å². The fourth-order valence-electron chi connectivity index (χ4n) is 2.18. The van der Waals surface area contributed by atoms with Gasteiger partial charge in [0.15, 0.2) is 0 Å². The summed E-state index contributed by atoms with van der Waals surface area (Å²) in [5.41, 5.74) is 0.855. The van der Waals surface area contributed by atoms with E-state index in [2.05, 4.69) is 21.0 Å². The molecule has 0 saturated carbocycles. The highest BCUT2D eigenvalue weighted by molar-refractivity contribution is 6.03. The normalized spacial score (nSPS) is 20.1. The molecule has 1 aromatic rings. The Morgan fingerprint density at radius 1 is 1.44 bits per heavy atom. The minimum absolute atomic E-state index is 0.00877. The lowest BCUT2D eigenvalue weighted by molar-refractivity contribution is -0.113. The highest BCUT2D eigenvalue weighted by Crippen LogP contribution is 2.18. The summed E-state index contributed by atoms with van der Waals surface area (Å²) in [6.45, 7) is 3.47. The Hall–Kier alpha value is -1.66. The maximum atomic E-state index is 12.1. The first-order chi connectivity index (χ1) is 8.84. The summed E-state index contributed by atoms with van der Waals surface area (Å²) in [5.74, 6) is 0.775. The van der Waals surface area contributed by atoms with Gasteiger partial charge in [0.05, 0.1) is 12.2 Å². The summed E-state index contributed by atoms with van der Waals surface area (Å²) in [4.78, 5) is 12.1. The van der Waals surface area contributed by atoms with E-state index in [-0.39, 0.29) is 5.91 Å². The number of nitrogens with zero attached hydrogens (tertiary/aromatic N) is 2. The second-order valence-electron chi connectivity index (χ2n) is 4.61. The maximum Gasteiger partial charge on any atom is 0.252 e. The molecule has 2 aliphatic heterocycles. The van der Waals surface area contributed by atoms with Gasteiger partial charge in [0, 0.05) is 31.3 Å². The minimum atomic E-state index is -0.00877. The van der Waals surface area contributed by atoms with Crippen molar-refractivity contribution in [2.24, 2.45) is 0 Å². The lowest BCUT2D eigenvalue weighted by atomic mass is 10.1. The predicted octanol–water partition coefficient (Wildman–Crippen LogP) is -0.114. The zero-order valence-electron chi connectivity index (χ0n) is 10.1. The first-order valence-corrected chi connectivity index (χ1v) is 6.30. The molecule has 3 heterocycles. The van der Waals surface area contributed by atoms with Gasteiger partial charge in [-0.05, 0) is 13.0 Å². The van der Waals surface area contributed by atoms with Crippen molar-refractivity contribution in [3.05, 3.63) is 23.9 Å². The second-order valence-corrected chi connectivity index (χ2v) is 4.61. The van der Waals surface area contributed by atoms with Crippen LogP contribution in [0.1, 0.15) is 12.5 Å². The Morgan fingerprint density at radius 2 is 2.33 bits per heavy atom. The molecule has 1 amide bonds. The van der Waals surface area contributed by atoms with Crippen LogP contribution < -0.4 is 16.0 Å². The molecular formula is C12H17N5O. The fraction of sp³-hybridized carbons (Fsp3) is 0.500. The predicted molar refractivity (Wildman–Crippen MR) is 68.3 cm³/mol. The third kappa shape index (κ3) is 2.16. The molecule has 0 spiro atoms. The first-order valence-electron chi connectivity index (χ1n) is 6.30. The molecule has 0 radical (unpaired) electrons. The number of nitrogens with one attached hydrogen (secondary N) is 3. The summed E-state index contributed by atoms with van der Waals surface area (Å²) in [5, 5.41) is 13.6. The van der Waals surface area contributed by atoms with Crippen molar-refractivity contribution >= 4 is 11.7 Å². The molecule has 6 heteroatoms. The van der Waals surface area contributed by atoms with Gasteiger partial charge in [0.25, 0.3) is 5.91 Å². The summed E-state index contributed by atoms with van der Waals surface area (Å²) in [7, 11) is 0. The van der Waals surface area contributed by atoms with E-state index >= 15 is 0 Å². The van der Waals surface area contributed by atoms with Gasteiger partial charge in [0.1, 0.15) is 5.82 Å². The Balaban J connectivity index is 1.70. The van der Waals surface area contributed by atoms with Gasteiger partial charge >= 0.3 is 0 Å². The molecule has 3 rings (SSSR count). The van der Waals surface area contributed by atoms with Gasteiger partial charge in [-0.1, -0.05) is 6.08 Å². The zero-order valence-corrected chi connectivity index (χ0v) is 10.1. The SMILES string of the molecule is O=C(Nc1ccnn1C1CNC1)C1=CCNCC1. The molecule has 3 N–H and O–H groups in total. The Kier molecular flexibility index (Phi) is 3.12. The number of anilines is 1. The third-order valence-corrected chi connectivity index (χ3v) is 3.37. The molecule has 0 atom stereocenters. The standard InChI is InChI=1S/C12H17N5O/c18-12(9-1-4-13-5-2-9)16-11-3-6-15-17(11)10-7-14-8-10/h1,3,6,10,13-14H,2,4-5,7-8H2,(H,16,18). The molecule has 0 bridgehead atoms. The highest BCUT2D eigenvalue weighted by Gasteiger charge is 2.22. The van der Waals surface area contributed by atoms with Crippen molar-refractivity contribution in [1.29, 1.82) is 0 Å². The number of hydrogen-bond acceptors (Lipinski definition) is 4. The van der Waals surface area contributed by atoms with Gasteiger partial charge < -0.3 is 16.0 Å². The molecule has 18 heavy (non-hydrogen) atoms. The van der Waals surface area contributed by atoms with Gasteiger partial charge in [-0.15, -0.1) is 0 Å². The number of aromatic nitrogens is 2. The van der Waals surface area contributed by atoms with Crippen LogP contribution in [0.4, 0.5) is 5.82 Å². The lowest BCUT2D eigenvalue weighted by Crippen LogP contribution is -2.44. The average molecular weight is 247 g/mol. The van der Waals surface area contributed by atoms with E-state index in [1.165, 1.54) is 0 Å². The van der Waals surface area contributed by atoms with Crippen molar-refractivity contribution in [3.8, 4) is 0 Å². The molecule has 1 saturated heterocycles. The quantitative estimate of drug-likeness (QED) is 0.697. The van der Waals surface area contributed by atoms with Crippen molar-refractivity contribution in [3.63, 3.8) is 0 Å². The van der Waals surface area contributed by atoms with Crippen LogP contribution in [0.25, 0.3) is 0 Å². The summed E-state index contributed by atoms with van der Waals surface area (Å²) in [6.07, 6.45) is 4.46. The van der Waals surface area contributed by atoms with E-state index in [9.17, 15) is 4.79 Å². The minimum Gasteiger partial charge on any atom is -0.313 e. The van der Waals surface area contributed by atoms with Crippen LogP contribution in [-0.2, 0) is 4.79 Å². The molecule has 1 fully saturated rings. The smallest absolute Gasteiger partial charge is 0.252 e. The number of rotatable bonds is 3. The van der Waals surface area contributed by atoms with Gasteiger partial charge in [-0.2, -0.15) is 5.10 Å². The fourth-order valence-corrected chi connectivity index (χ4v) is 2.18. The Morgan fingerprint density at radius 3 is 3.00 bits per heavy atom. The highest BCUT2D eigenvalue weighted by atomic mass is 16.1. The molecule has 96 valence electrons. The topological polar surface area (TPSA) is 71.0 Å². The third-order valence-electron chi connectivity index (χ3n) is 3.37. The van der Waals surface area contributed by atoms with E-state index < -0.39 is 0 Å². The largest absolute Gasteiger partial charge is 0.313 e. The molecule has 2 aliphatic rings. The zero-order chi connectivity index (χ0) is 12.4. The van der Waals surface area contributed by atoms with Crippen LogP contribution in [0.15, 0.2) is 23.9 Å². The second kappa shape index (κ2) is 4.91. The van der Waals surface area contributed by atoms with Crippen LogP contribution >= 0.6 is 0 Å². The molecule has 6 nitrogen and oxygen atoms in total. The van der Waals surface area contributed by atoms with Crippen molar-refractivity contribution in [1.82, 2.24) is 20.4 Å². The summed E-state index contributed by atoms with van der Waals surface area (Å²) >= 11 is 0. The first kappa shape index (κ1) is 11.4. The van der Waals surface area contributed by atoms with E-state index in [1.807, 2.05) is 16.8 Å². The molecule has 0 unspecified atom stereocenters. The van der Waals surface area contributed by atoms with Gasteiger partial charge in [0.2, 0.25) is 0 Å². The Labute approximate surface area is 105 Å². The number of hydrogen-bond donors (Lipinski definition) is 3. The monoisotopic (exact) mass is 247 g/mol. The van der Waals surface area contributed by atoms with Crippen LogP contribution in [-0.4, -0.2) is 41.9 Å². The van der Waals surface area contributed by atoms with Gasteiger partial charge in [-0.25, -0.2) is 4.68 Å². The molecule has 0 aliphatic carbocycles. The average Bonchev–Trinajstić information content (AvgIpc) is 2.76. The summed E-state index contributed by atoms with van der Waals surface area (Å²) < 4.78 is 1.88. The van der Waals surface area contributed by atoms with E-state index in [1.54, 1.807) is 6.20 Å². The van der Waals surface area contributed by atoms with E-state index in [0.717, 1.165) is 44.0 Å². The van der Waals surface area contributed by atoms with Crippen LogP contribution in [0, 0.1) is 0 Å². The Bertz CT molecular complexity index is 475. The van der Waals surface area contributed by atoms with Crippen LogP contribution in [0.3, 0.4) is 0 Å². The lowest BCUT2D eigenvalue weighted by Gasteiger charge is -2.28. The van der Waals surface area contributed by atoms with E-state index in [4.69, 9.17) is 0 Å². The van der Waals surface area contributed by atoms with Crippen molar-refractivity contribution in [2.75, 3.05) is 31.5 Å². The number of carbonyl (C=O) groups is 1. The van der Waals surface area contributed by atoms with Gasteiger partial charge in [-0.3, -0.25) is 4.79 Å². The van der Waals surface area contributed by atoms with Crippen LogP contribution in [0.5, 0.6) is 0 Å². The number of carbonyl (C=O) groups excluding carboxylic acids is 1. The van der Waals surface area contributed by atoms with Crippen molar-refractivity contribution in [2.45, 2.75) is 12.5 Å². The number of amides is 1. The van der Waals surface area contributed by atoms with E-state index in [0.29, 0.717) is 6.04 Å². The summed E-state index contributed by atoms with van der Waals surface area (Å²) in [6, 6.07) is 2.20. The molecule has 1 aromatic heterocycles.